The van der Waals surface area contributed by atoms with E-state index in [4.69, 9.17) is 0 Å². The van der Waals surface area contributed by atoms with Crippen molar-refractivity contribution in [3.63, 3.8) is 0 Å². The molecule has 0 N–H and O–H groups in total. The van der Waals surface area contributed by atoms with Crippen LogP contribution in [0.1, 0.15) is 39.0 Å². The first-order valence-corrected chi connectivity index (χ1v) is 5.18. The average molecular weight is 224 g/mol. The molecule has 1 aliphatic rings. The summed E-state index contributed by atoms with van der Waals surface area (Å²) in [6.07, 6.45) is -2.28. The van der Waals surface area contributed by atoms with Crippen LogP contribution in [0.3, 0.4) is 0 Å². The summed E-state index contributed by atoms with van der Waals surface area (Å²) in [6.45, 7) is 0.862. The van der Waals surface area contributed by atoms with Crippen LogP contribution in [0, 0.1) is 5.92 Å². The highest BCUT2D eigenvalue weighted by atomic mass is 19.4. The third-order valence-corrected chi connectivity index (χ3v) is 2.69. The first-order valence-electron chi connectivity index (χ1n) is 5.18. The van der Waals surface area contributed by atoms with Gasteiger partial charge in [0, 0.05) is 0 Å². The molecule has 88 valence electrons. The molecule has 1 fully saturated rings. The molecule has 1 unspecified atom stereocenters. The van der Waals surface area contributed by atoms with Gasteiger partial charge in [0.1, 0.15) is 0 Å². The normalized spacial score (nSPS) is 21.1. The highest BCUT2D eigenvalue weighted by Crippen LogP contribution is 2.28. The summed E-state index contributed by atoms with van der Waals surface area (Å²) in [5.74, 6) is -1.02. The summed E-state index contributed by atoms with van der Waals surface area (Å²) in [5.41, 5.74) is 0. The summed E-state index contributed by atoms with van der Waals surface area (Å²) >= 11 is 0. The molecule has 0 bridgehead atoms. The van der Waals surface area contributed by atoms with Crippen molar-refractivity contribution < 1.29 is 22.7 Å². The van der Waals surface area contributed by atoms with Gasteiger partial charge in [-0.2, -0.15) is 13.2 Å². The second-order valence-corrected chi connectivity index (χ2v) is 3.96. The molecule has 1 atom stereocenters. The van der Waals surface area contributed by atoms with Gasteiger partial charge in [0.2, 0.25) is 0 Å². The number of carbonyl (C=O) groups excluding carboxylic acids is 1. The predicted molar refractivity (Wildman–Crippen MR) is 48.2 cm³/mol. The fourth-order valence-corrected chi connectivity index (χ4v) is 1.68. The van der Waals surface area contributed by atoms with Gasteiger partial charge in [-0.15, -0.1) is 0 Å². The standard InChI is InChI=1S/C10H15F3O2/c1-7(10(11,12)13)15-9(14)8-5-3-2-4-6-8/h7-8H,2-6H2,1H3. The van der Waals surface area contributed by atoms with Crippen LogP contribution in [0.15, 0.2) is 0 Å². The molecule has 1 aliphatic carbocycles. The summed E-state index contributed by atoms with van der Waals surface area (Å²) in [5, 5.41) is 0. The monoisotopic (exact) mass is 224 g/mol. The maximum Gasteiger partial charge on any atom is 0.425 e. The Morgan fingerprint density at radius 1 is 1.27 bits per heavy atom. The van der Waals surface area contributed by atoms with Crippen molar-refractivity contribution >= 4 is 5.97 Å². The van der Waals surface area contributed by atoms with E-state index < -0.39 is 18.2 Å². The van der Waals surface area contributed by atoms with Crippen molar-refractivity contribution in [2.24, 2.45) is 5.92 Å². The molecule has 0 aromatic rings. The molecule has 0 aliphatic heterocycles. The summed E-state index contributed by atoms with van der Waals surface area (Å²) in [4.78, 5) is 11.3. The van der Waals surface area contributed by atoms with Gasteiger partial charge in [0.25, 0.3) is 0 Å². The van der Waals surface area contributed by atoms with E-state index in [0.717, 1.165) is 26.2 Å². The van der Waals surface area contributed by atoms with Crippen molar-refractivity contribution in [1.82, 2.24) is 0 Å². The number of ether oxygens (including phenoxy) is 1. The SMILES string of the molecule is CC(OC(=O)C1CCCCC1)C(F)(F)F. The van der Waals surface area contributed by atoms with E-state index in [1.807, 2.05) is 0 Å². The minimum atomic E-state index is -4.45. The van der Waals surface area contributed by atoms with Gasteiger partial charge < -0.3 is 4.74 Å². The summed E-state index contributed by atoms with van der Waals surface area (Å²) in [7, 11) is 0. The van der Waals surface area contributed by atoms with Crippen molar-refractivity contribution in [3.05, 3.63) is 0 Å². The van der Waals surface area contributed by atoms with Crippen LogP contribution >= 0.6 is 0 Å². The molecule has 15 heavy (non-hydrogen) atoms. The van der Waals surface area contributed by atoms with E-state index in [1.54, 1.807) is 0 Å². The van der Waals surface area contributed by atoms with E-state index in [0.29, 0.717) is 12.8 Å². The molecule has 0 amide bonds. The smallest absolute Gasteiger partial charge is 0.425 e. The Kier molecular flexibility index (Phi) is 3.99. The van der Waals surface area contributed by atoms with Crippen molar-refractivity contribution in [2.75, 3.05) is 0 Å². The van der Waals surface area contributed by atoms with Gasteiger partial charge in [0.05, 0.1) is 5.92 Å². The Bertz CT molecular complexity index is 219. The van der Waals surface area contributed by atoms with Crippen molar-refractivity contribution in [2.45, 2.75) is 51.3 Å². The fraction of sp³-hybridized carbons (Fsp3) is 0.900. The first-order chi connectivity index (χ1) is 6.91. The average Bonchev–Trinajstić information content (AvgIpc) is 2.17. The lowest BCUT2D eigenvalue weighted by molar-refractivity contribution is -0.218. The van der Waals surface area contributed by atoms with Crippen LogP contribution in [-0.2, 0) is 9.53 Å². The molecule has 5 heteroatoms. The topological polar surface area (TPSA) is 26.3 Å². The van der Waals surface area contributed by atoms with Gasteiger partial charge in [-0.3, -0.25) is 4.79 Å². The highest BCUT2D eigenvalue weighted by molar-refractivity contribution is 5.72. The number of esters is 1. The quantitative estimate of drug-likeness (QED) is 0.674. The zero-order valence-electron chi connectivity index (χ0n) is 8.64. The molecule has 0 aromatic heterocycles. The molecule has 1 saturated carbocycles. The highest BCUT2D eigenvalue weighted by Gasteiger charge is 2.40. The van der Waals surface area contributed by atoms with Crippen LogP contribution < -0.4 is 0 Å². The van der Waals surface area contributed by atoms with Crippen molar-refractivity contribution in [3.8, 4) is 0 Å². The molecule has 0 saturated heterocycles. The van der Waals surface area contributed by atoms with Gasteiger partial charge >= 0.3 is 12.1 Å². The number of carbonyl (C=O) groups is 1. The van der Waals surface area contributed by atoms with Gasteiger partial charge in [-0.1, -0.05) is 19.3 Å². The van der Waals surface area contributed by atoms with Crippen LogP contribution in [0.5, 0.6) is 0 Å². The van der Waals surface area contributed by atoms with Gasteiger partial charge in [-0.05, 0) is 19.8 Å². The number of hydrogen-bond acceptors (Lipinski definition) is 2. The molecule has 2 nitrogen and oxygen atoms in total. The molecule has 0 spiro atoms. The van der Waals surface area contributed by atoms with E-state index in [-0.39, 0.29) is 5.92 Å². The third kappa shape index (κ3) is 3.72. The fourth-order valence-electron chi connectivity index (χ4n) is 1.68. The Morgan fingerprint density at radius 2 is 1.80 bits per heavy atom. The van der Waals surface area contributed by atoms with Crippen LogP contribution in [0.25, 0.3) is 0 Å². The Balaban J connectivity index is 2.40. The molecular formula is C10H15F3O2. The largest absolute Gasteiger partial charge is 0.453 e. The van der Waals surface area contributed by atoms with E-state index in [2.05, 4.69) is 4.74 Å². The lowest BCUT2D eigenvalue weighted by atomic mass is 9.89. The minimum absolute atomic E-state index is 0.330. The first kappa shape index (κ1) is 12.3. The Labute approximate surface area is 86.8 Å². The molecule has 0 aromatic carbocycles. The van der Waals surface area contributed by atoms with Crippen LogP contribution in [0.4, 0.5) is 13.2 Å². The van der Waals surface area contributed by atoms with Crippen molar-refractivity contribution in [1.29, 1.82) is 0 Å². The number of halogens is 3. The second-order valence-electron chi connectivity index (χ2n) is 3.96. The van der Waals surface area contributed by atoms with Gasteiger partial charge in [0.15, 0.2) is 6.10 Å². The molecule has 0 radical (unpaired) electrons. The Hall–Kier alpha value is -0.740. The lowest BCUT2D eigenvalue weighted by Gasteiger charge is -2.23. The number of alkyl halides is 3. The summed E-state index contributed by atoms with van der Waals surface area (Å²) < 4.78 is 40.7. The van der Waals surface area contributed by atoms with Gasteiger partial charge in [-0.25, -0.2) is 0 Å². The number of hydrogen-bond donors (Lipinski definition) is 0. The predicted octanol–water partition coefficient (Wildman–Crippen LogP) is 3.06. The second kappa shape index (κ2) is 4.86. The molecular weight excluding hydrogens is 209 g/mol. The number of rotatable bonds is 2. The maximum atomic E-state index is 12.1. The van der Waals surface area contributed by atoms with Crippen LogP contribution in [-0.4, -0.2) is 18.2 Å². The minimum Gasteiger partial charge on any atom is -0.453 e. The lowest BCUT2D eigenvalue weighted by Crippen LogP contribution is -2.33. The van der Waals surface area contributed by atoms with E-state index in [1.165, 1.54) is 0 Å². The van der Waals surface area contributed by atoms with E-state index in [9.17, 15) is 18.0 Å². The molecule has 1 rings (SSSR count). The zero-order chi connectivity index (χ0) is 11.5. The Morgan fingerprint density at radius 3 is 2.27 bits per heavy atom. The zero-order valence-corrected chi connectivity index (χ0v) is 8.64. The third-order valence-electron chi connectivity index (χ3n) is 2.69. The van der Waals surface area contributed by atoms with E-state index >= 15 is 0 Å². The maximum absolute atomic E-state index is 12.1. The van der Waals surface area contributed by atoms with Crippen LogP contribution in [0.2, 0.25) is 0 Å². The molecule has 0 heterocycles. The summed E-state index contributed by atoms with van der Waals surface area (Å²) in [6, 6.07) is 0.